The molecule has 210 valence electrons. The Balaban J connectivity index is 3.20. The number of hydrogen-bond acceptors (Lipinski definition) is 7. The predicted molar refractivity (Wildman–Crippen MR) is 144 cm³/mol. The summed E-state index contributed by atoms with van der Waals surface area (Å²) in [5.74, 6) is 0.984. The number of benzene rings is 1. The Bertz CT molecular complexity index is 887. The van der Waals surface area contributed by atoms with Crippen LogP contribution in [0.25, 0.3) is 0 Å². The third kappa shape index (κ3) is 11.3. The number of aliphatic carboxylic acids is 1. The first kappa shape index (κ1) is 32.6. The molecule has 0 fully saturated rings. The number of carbonyl (C=O) groups excluding carboxylic acids is 1. The quantitative estimate of drug-likeness (QED) is 0.149. The summed E-state index contributed by atoms with van der Waals surface area (Å²) in [5.41, 5.74) is 3.21. The second-order valence-corrected chi connectivity index (χ2v) is 11.0. The van der Waals surface area contributed by atoms with Gasteiger partial charge in [0.2, 0.25) is 0 Å². The van der Waals surface area contributed by atoms with Gasteiger partial charge in [-0.2, -0.15) is 5.48 Å². The molecule has 8 heteroatoms. The average Bonchev–Trinajstić information content (AvgIpc) is 2.83. The van der Waals surface area contributed by atoms with E-state index in [-0.39, 0.29) is 17.4 Å². The van der Waals surface area contributed by atoms with Crippen molar-refractivity contribution >= 4 is 11.9 Å². The van der Waals surface area contributed by atoms with Crippen molar-refractivity contribution in [1.82, 2.24) is 5.48 Å². The molecule has 1 aromatic carbocycles. The van der Waals surface area contributed by atoms with Gasteiger partial charge in [-0.3, -0.25) is 9.63 Å². The normalized spacial score (nSPS) is 15.0. The van der Waals surface area contributed by atoms with Crippen molar-refractivity contribution in [3.8, 4) is 11.5 Å². The lowest BCUT2D eigenvalue weighted by Crippen LogP contribution is -2.47. The number of ether oxygens (including phenoxy) is 2. The summed E-state index contributed by atoms with van der Waals surface area (Å²) in [7, 11) is 1.62. The smallest absolute Gasteiger partial charge is 0.311 e. The summed E-state index contributed by atoms with van der Waals surface area (Å²) in [4.78, 5) is 28.9. The SMILES string of the molecule is CCCCCOc1cc(C[C@@H](C[C@H](NOC(C)(C)C)[C@@H](O)C(=C=O)[C@@H](C)C(=O)O)C(C)C)ccc1OC. The molecule has 0 aromatic heterocycles. The van der Waals surface area contributed by atoms with Gasteiger partial charge in [0.05, 0.1) is 36.9 Å². The molecule has 0 aliphatic carbocycles. The van der Waals surface area contributed by atoms with E-state index in [0.29, 0.717) is 30.9 Å². The molecule has 0 saturated carbocycles. The largest absolute Gasteiger partial charge is 0.493 e. The number of nitrogens with one attached hydrogen (secondary N) is 1. The minimum atomic E-state index is -1.37. The number of unbranched alkanes of at least 4 members (excludes halogenated alkanes) is 2. The van der Waals surface area contributed by atoms with E-state index < -0.39 is 29.6 Å². The summed E-state index contributed by atoms with van der Waals surface area (Å²) in [6, 6.07) is 5.18. The highest BCUT2D eigenvalue weighted by Gasteiger charge is 2.34. The number of carboxylic acid groups (broad SMARTS) is 1. The van der Waals surface area contributed by atoms with Gasteiger partial charge in [-0.05, 0) is 76.5 Å². The Morgan fingerprint density at radius 3 is 2.32 bits per heavy atom. The lowest BCUT2D eigenvalue weighted by atomic mass is 9.81. The van der Waals surface area contributed by atoms with Gasteiger partial charge in [0.25, 0.3) is 0 Å². The Morgan fingerprint density at radius 2 is 1.81 bits per heavy atom. The molecule has 0 spiro atoms. The number of aliphatic hydroxyl groups excluding tert-OH is 1. The number of methoxy groups -OCH3 is 1. The highest BCUT2D eigenvalue weighted by atomic mass is 16.7. The molecule has 1 rings (SSSR count). The minimum absolute atomic E-state index is 0.0742. The summed E-state index contributed by atoms with van der Waals surface area (Å²) >= 11 is 0. The van der Waals surface area contributed by atoms with Crippen molar-refractivity contribution in [1.29, 1.82) is 0 Å². The Morgan fingerprint density at radius 1 is 1.14 bits per heavy atom. The molecule has 0 radical (unpaired) electrons. The second-order valence-electron chi connectivity index (χ2n) is 11.0. The molecule has 0 bridgehead atoms. The fourth-order valence-corrected chi connectivity index (χ4v) is 3.96. The van der Waals surface area contributed by atoms with Gasteiger partial charge in [0.15, 0.2) is 11.5 Å². The van der Waals surface area contributed by atoms with E-state index >= 15 is 0 Å². The molecule has 0 amide bonds. The van der Waals surface area contributed by atoms with Crippen LogP contribution >= 0.6 is 0 Å². The van der Waals surface area contributed by atoms with Crippen LogP contribution in [0.1, 0.15) is 79.7 Å². The van der Waals surface area contributed by atoms with E-state index in [1.54, 1.807) is 13.1 Å². The van der Waals surface area contributed by atoms with Crippen LogP contribution in [-0.2, 0) is 20.8 Å². The molecule has 0 unspecified atom stereocenters. The highest BCUT2D eigenvalue weighted by molar-refractivity contribution is 5.77. The monoisotopic (exact) mass is 521 g/mol. The Kier molecular flexibility index (Phi) is 13.9. The zero-order chi connectivity index (χ0) is 28.2. The van der Waals surface area contributed by atoms with E-state index in [0.717, 1.165) is 24.8 Å². The Hall–Kier alpha value is -2.38. The van der Waals surface area contributed by atoms with Crippen molar-refractivity contribution in [2.75, 3.05) is 13.7 Å². The van der Waals surface area contributed by atoms with Gasteiger partial charge in [0.1, 0.15) is 12.0 Å². The second kappa shape index (κ2) is 15.8. The Labute approximate surface area is 222 Å². The van der Waals surface area contributed by atoms with E-state index in [9.17, 15) is 19.8 Å². The van der Waals surface area contributed by atoms with Crippen molar-refractivity contribution in [3.63, 3.8) is 0 Å². The third-order valence-electron chi connectivity index (χ3n) is 6.40. The molecule has 8 nitrogen and oxygen atoms in total. The number of carbonyl (C=O) groups is 1. The van der Waals surface area contributed by atoms with Crippen molar-refractivity contribution < 1.29 is 34.1 Å². The van der Waals surface area contributed by atoms with Crippen LogP contribution in [0.15, 0.2) is 23.8 Å². The van der Waals surface area contributed by atoms with E-state index in [1.807, 2.05) is 39.0 Å². The first-order chi connectivity index (χ1) is 17.3. The summed E-state index contributed by atoms with van der Waals surface area (Å²) in [6.45, 7) is 13.9. The van der Waals surface area contributed by atoms with E-state index in [2.05, 4.69) is 26.3 Å². The van der Waals surface area contributed by atoms with Gasteiger partial charge in [-0.1, -0.05) is 39.7 Å². The average molecular weight is 522 g/mol. The fourth-order valence-electron chi connectivity index (χ4n) is 3.96. The number of hydroxylamine groups is 1. The molecule has 37 heavy (non-hydrogen) atoms. The van der Waals surface area contributed by atoms with Crippen LogP contribution in [0, 0.1) is 17.8 Å². The zero-order valence-corrected chi connectivity index (χ0v) is 23.8. The van der Waals surface area contributed by atoms with Crippen molar-refractivity contribution in [2.24, 2.45) is 17.8 Å². The van der Waals surface area contributed by atoms with Crippen LogP contribution < -0.4 is 15.0 Å². The molecule has 3 N–H and O–H groups in total. The lowest BCUT2D eigenvalue weighted by Gasteiger charge is -2.33. The zero-order valence-electron chi connectivity index (χ0n) is 23.8. The minimum Gasteiger partial charge on any atom is -0.493 e. The van der Waals surface area contributed by atoms with Crippen LogP contribution in [0.4, 0.5) is 0 Å². The number of aliphatic hydroxyl groups is 1. The predicted octanol–water partition coefficient (Wildman–Crippen LogP) is 5.00. The number of hydrogen-bond donors (Lipinski definition) is 3. The van der Waals surface area contributed by atoms with Crippen molar-refractivity contribution in [2.45, 2.75) is 98.3 Å². The molecule has 4 atom stereocenters. The molecular weight excluding hydrogens is 474 g/mol. The van der Waals surface area contributed by atoms with Gasteiger partial charge in [0, 0.05) is 0 Å². The standard InChI is InChI=1S/C29H47NO7/c1-9-10-11-14-36-26-16-21(12-13-25(26)35-8)15-22(19(2)3)17-24(30-37-29(5,6)7)27(32)23(18-31)20(4)28(33)34/h12-13,16,19-20,22,24,27,30,32H,9-11,14-15,17H2,1-8H3,(H,33,34)/t20-,22+,24+,27+/m1/s1. The van der Waals surface area contributed by atoms with Crippen LogP contribution in [0.2, 0.25) is 0 Å². The van der Waals surface area contributed by atoms with Gasteiger partial charge in [-0.25, -0.2) is 4.79 Å². The summed E-state index contributed by atoms with van der Waals surface area (Å²) in [6.07, 6.45) is 2.93. The van der Waals surface area contributed by atoms with Gasteiger partial charge >= 0.3 is 5.97 Å². The maximum atomic E-state index is 11.7. The third-order valence-corrected chi connectivity index (χ3v) is 6.40. The maximum Gasteiger partial charge on any atom is 0.311 e. The van der Waals surface area contributed by atoms with Crippen LogP contribution in [0.3, 0.4) is 0 Å². The molecule has 0 heterocycles. The molecular formula is C29H47NO7. The summed E-state index contributed by atoms with van der Waals surface area (Å²) < 4.78 is 11.5. The first-order valence-electron chi connectivity index (χ1n) is 13.2. The van der Waals surface area contributed by atoms with Gasteiger partial charge < -0.3 is 19.7 Å². The number of carboxylic acids is 1. The van der Waals surface area contributed by atoms with E-state index in [1.165, 1.54) is 6.92 Å². The molecule has 0 aliphatic rings. The summed E-state index contributed by atoms with van der Waals surface area (Å²) in [5, 5.41) is 20.5. The van der Waals surface area contributed by atoms with E-state index in [4.69, 9.17) is 14.3 Å². The molecule has 0 saturated heterocycles. The van der Waals surface area contributed by atoms with Crippen LogP contribution in [0.5, 0.6) is 11.5 Å². The first-order valence-corrected chi connectivity index (χ1v) is 13.2. The van der Waals surface area contributed by atoms with Crippen molar-refractivity contribution in [3.05, 3.63) is 29.3 Å². The fraction of sp³-hybridized carbons (Fsp3) is 0.690. The van der Waals surface area contributed by atoms with Crippen LogP contribution in [-0.4, -0.2) is 53.6 Å². The molecule has 1 aromatic rings. The van der Waals surface area contributed by atoms with Gasteiger partial charge in [-0.15, -0.1) is 0 Å². The maximum absolute atomic E-state index is 11.7. The topological polar surface area (TPSA) is 114 Å². The molecule has 0 aliphatic heterocycles. The lowest BCUT2D eigenvalue weighted by molar-refractivity contribution is -0.140. The number of rotatable bonds is 17. The highest BCUT2D eigenvalue weighted by Crippen LogP contribution is 2.32.